The van der Waals surface area contributed by atoms with Crippen molar-refractivity contribution in [3.05, 3.63) is 30.0 Å². The second-order valence-corrected chi connectivity index (χ2v) is 4.79. The highest BCUT2D eigenvalue weighted by molar-refractivity contribution is 6.40. The van der Waals surface area contributed by atoms with E-state index in [9.17, 15) is 0 Å². The van der Waals surface area contributed by atoms with E-state index in [0.29, 0.717) is 6.42 Å². The molecule has 0 aliphatic rings. The van der Waals surface area contributed by atoms with Crippen LogP contribution in [-0.2, 0) is 6.42 Å². The van der Waals surface area contributed by atoms with Crippen molar-refractivity contribution >= 4 is 26.6 Å². The lowest BCUT2D eigenvalue weighted by atomic mass is 9.58. The number of hydrogen-bond acceptors (Lipinski definition) is 2. The molecule has 0 fully saturated rings. The molecule has 0 saturated carbocycles. The summed E-state index contributed by atoms with van der Waals surface area (Å²) in [5, 5.41) is 0.231. The van der Waals surface area contributed by atoms with Crippen molar-refractivity contribution in [2.24, 2.45) is 0 Å². The van der Waals surface area contributed by atoms with E-state index in [2.05, 4.69) is 4.98 Å². The average Bonchev–Trinajstić information content (AvgIpc) is 2.71. The van der Waals surface area contributed by atoms with Crippen LogP contribution in [0.3, 0.4) is 0 Å². The van der Waals surface area contributed by atoms with Gasteiger partial charge in [0, 0.05) is 17.1 Å². The summed E-state index contributed by atoms with van der Waals surface area (Å²) in [7, 11) is 17.5. The third-order valence-corrected chi connectivity index (χ3v) is 3.28. The molecule has 18 heavy (non-hydrogen) atoms. The lowest BCUT2D eigenvalue weighted by Gasteiger charge is -2.33. The zero-order chi connectivity index (χ0) is 13.3. The van der Waals surface area contributed by atoms with Gasteiger partial charge in [0.25, 0.3) is 0 Å². The van der Waals surface area contributed by atoms with Gasteiger partial charge in [-0.1, -0.05) is 0 Å². The molecule has 2 rings (SSSR count). The normalized spacial score (nSPS) is 12.2. The van der Waals surface area contributed by atoms with Crippen LogP contribution in [0.15, 0.2) is 24.4 Å². The maximum Gasteiger partial charge on any atom is 0.119 e. The smallest absolute Gasteiger partial charge is 0.119 e. The molecule has 0 saturated heterocycles. The van der Waals surface area contributed by atoms with Gasteiger partial charge in [-0.15, -0.1) is 0 Å². The maximum atomic E-state index is 6.07. The molecule has 0 atom stereocenters. The van der Waals surface area contributed by atoms with Crippen LogP contribution < -0.4 is 4.74 Å². The van der Waals surface area contributed by atoms with Crippen molar-refractivity contribution in [1.82, 2.24) is 9.88 Å². The van der Waals surface area contributed by atoms with Gasteiger partial charge in [-0.3, -0.25) is 0 Å². The Labute approximate surface area is 110 Å². The number of rotatable bonds is 4. The molecule has 0 aliphatic carbocycles. The van der Waals surface area contributed by atoms with Crippen molar-refractivity contribution in [2.45, 2.75) is 11.8 Å². The van der Waals surface area contributed by atoms with Crippen LogP contribution in [0, 0.1) is 0 Å². The first kappa shape index (κ1) is 13.1. The summed E-state index contributed by atoms with van der Waals surface area (Å²) in [4.78, 5) is 5.03. The van der Waals surface area contributed by atoms with Gasteiger partial charge in [-0.2, -0.15) is 0 Å². The van der Waals surface area contributed by atoms with Crippen molar-refractivity contribution in [3.63, 3.8) is 0 Å². The van der Waals surface area contributed by atoms with Crippen molar-refractivity contribution in [1.29, 1.82) is 0 Å². The van der Waals surface area contributed by atoms with Crippen molar-refractivity contribution in [2.75, 3.05) is 21.2 Å². The summed E-state index contributed by atoms with van der Waals surface area (Å²) >= 11 is 0. The van der Waals surface area contributed by atoms with Crippen molar-refractivity contribution in [3.8, 4) is 5.75 Å². The van der Waals surface area contributed by atoms with E-state index in [4.69, 9.17) is 20.4 Å². The summed E-state index contributed by atoms with van der Waals surface area (Å²) in [6.45, 7) is 0. The first-order chi connectivity index (χ1) is 8.44. The zero-order valence-corrected chi connectivity index (χ0v) is 11.0. The quantitative estimate of drug-likeness (QED) is 0.812. The van der Waals surface area contributed by atoms with E-state index >= 15 is 0 Å². The predicted molar refractivity (Wildman–Crippen MR) is 76.5 cm³/mol. The minimum Gasteiger partial charge on any atom is -0.497 e. The van der Waals surface area contributed by atoms with E-state index in [-0.39, 0.29) is 0 Å². The largest absolute Gasteiger partial charge is 0.497 e. The van der Waals surface area contributed by atoms with E-state index < -0.39 is 5.34 Å². The fourth-order valence-electron chi connectivity index (χ4n) is 1.89. The molecule has 3 nitrogen and oxygen atoms in total. The first-order valence-electron chi connectivity index (χ1n) is 5.83. The Bertz CT molecular complexity index is 549. The third-order valence-electron chi connectivity index (χ3n) is 3.28. The van der Waals surface area contributed by atoms with Crippen LogP contribution in [0.1, 0.15) is 5.56 Å². The van der Waals surface area contributed by atoms with Crippen LogP contribution in [0.2, 0.25) is 0 Å². The summed E-state index contributed by atoms with van der Waals surface area (Å²) in [6.07, 6.45) is 2.51. The van der Waals surface area contributed by atoms with Crippen molar-refractivity contribution < 1.29 is 4.74 Å². The Balaban J connectivity index is 2.39. The summed E-state index contributed by atoms with van der Waals surface area (Å²) in [5.41, 5.74) is 2.14. The number of methoxy groups -OCH3 is 1. The second-order valence-electron chi connectivity index (χ2n) is 4.79. The highest BCUT2D eigenvalue weighted by atomic mass is 16.5. The minimum absolute atomic E-state index is 0.563. The second kappa shape index (κ2) is 4.73. The Morgan fingerprint density at radius 3 is 2.67 bits per heavy atom. The molecule has 0 spiro atoms. The maximum absolute atomic E-state index is 6.07. The standard InChI is InChI=1S/C13H16B2N2O/c1-17(2)13(14,15)7-9-8-16-12-5-4-10(18-3)6-11(9)12/h4-6,8,16H,7H2,1-3H3. The molecule has 1 heterocycles. The molecule has 5 heteroatoms. The molecule has 0 unspecified atom stereocenters. The minimum atomic E-state index is -0.863. The van der Waals surface area contributed by atoms with Crippen LogP contribution in [0.4, 0.5) is 0 Å². The van der Waals surface area contributed by atoms with E-state index in [1.807, 2.05) is 43.4 Å². The number of fused-ring (bicyclic) bond motifs is 1. The van der Waals surface area contributed by atoms with Crippen LogP contribution in [0.25, 0.3) is 10.9 Å². The third kappa shape index (κ3) is 2.41. The van der Waals surface area contributed by atoms with Crippen LogP contribution >= 0.6 is 0 Å². The molecule has 1 N–H and O–H groups in total. The SMILES string of the molecule is [B]C([B])(Cc1c[nH]c2ccc(OC)cc12)N(C)C. The monoisotopic (exact) mass is 238 g/mol. The first-order valence-corrected chi connectivity index (χ1v) is 5.83. The lowest BCUT2D eigenvalue weighted by Crippen LogP contribution is -2.47. The van der Waals surface area contributed by atoms with Crippen LogP contribution in [0.5, 0.6) is 5.75 Å². The molecule has 1 aromatic heterocycles. The van der Waals surface area contributed by atoms with Gasteiger partial charge in [0.15, 0.2) is 0 Å². The topological polar surface area (TPSA) is 28.3 Å². The molecule has 90 valence electrons. The number of ether oxygens (including phenoxy) is 1. The zero-order valence-electron chi connectivity index (χ0n) is 11.0. The predicted octanol–water partition coefficient (Wildman–Crippen LogP) is 1.27. The fourth-order valence-corrected chi connectivity index (χ4v) is 1.89. The highest BCUT2D eigenvalue weighted by Gasteiger charge is 2.21. The molecular weight excluding hydrogens is 222 g/mol. The molecule has 2 aromatic rings. The molecule has 0 amide bonds. The Kier molecular flexibility index (Phi) is 3.44. The van der Waals surface area contributed by atoms with E-state index in [1.165, 1.54) is 0 Å². The molecule has 4 radical (unpaired) electrons. The number of nitrogens with one attached hydrogen (secondary N) is 1. The van der Waals surface area contributed by atoms with E-state index in [1.54, 1.807) is 7.11 Å². The van der Waals surface area contributed by atoms with Gasteiger partial charge in [-0.05, 0) is 49.6 Å². The van der Waals surface area contributed by atoms with Gasteiger partial charge >= 0.3 is 0 Å². The van der Waals surface area contributed by atoms with E-state index in [0.717, 1.165) is 22.2 Å². The Morgan fingerprint density at radius 1 is 1.33 bits per heavy atom. The molecular formula is C13H16B2N2O. The summed E-state index contributed by atoms with van der Waals surface area (Å²) < 4.78 is 5.24. The average molecular weight is 238 g/mol. The number of hydrogen-bond donors (Lipinski definition) is 1. The number of aromatic amines is 1. The Morgan fingerprint density at radius 2 is 2.06 bits per heavy atom. The number of likely N-dealkylation sites (N-methyl/N-ethyl adjacent to an activating group) is 1. The lowest BCUT2D eigenvalue weighted by molar-refractivity contribution is 0.334. The van der Waals surface area contributed by atoms with Gasteiger partial charge in [0.2, 0.25) is 0 Å². The number of H-pyrrole nitrogens is 1. The highest BCUT2D eigenvalue weighted by Crippen LogP contribution is 2.26. The molecule has 0 aliphatic heterocycles. The number of aromatic nitrogens is 1. The molecule has 1 aromatic carbocycles. The molecule has 0 bridgehead atoms. The summed E-state index contributed by atoms with van der Waals surface area (Å²) in [6, 6.07) is 5.90. The number of benzene rings is 1. The number of nitrogens with zero attached hydrogens (tertiary/aromatic N) is 1. The van der Waals surface area contributed by atoms with Crippen LogP contribution in [-0.4, -0.2) is 52.1 Å². The van der Waals surface area contributed by atoms with Gasteiger partial charge in [-0.25, -0.2) is 0 Å². The Hall–Kier alpha value is -1.35. The van der Waals surface area contributed by atoms with Gasteiger partial charge < -0.3 is 14.6 Å². The van der Waals surface area contributed by atoms with Gasteiger partial charge in [0.1, 0.15) is 5.75 Å². The fraction of sp³-hybridized carbons (Fsp3) is 0.385. The summed E-state index contributed by atoms with van der Waals surface area (Å²) in [5.74, 6) is 0.827. The van der Waals surface area contributed by atoms with Gasteiger partial charge in [0.05, 0.1) is 22.8 Å².